The molecule has 2 rings (SSSR count). The molecule has 0 aromatic heterocycles. The van der Waals surface area contributed by atoms with Gasteiger partial charge in [0.15, 0.2) is 0 Å². The maximum atomic E-state index is 12.4. The Bertz CT molecular complexity index is 716. The van der Waals surface area contributed by atoms with Crippen LogP contribution < -0.4 is 0 Å². The first kappa shape index (κ1) is 19.2. The van der Waals surface area contributed by atoms with E-state index in [0.717, 1.165) is 6.42 Å². The topological polar surface area (TPSA) is 26.3 Å². The number of ether oxygens (including phenoxy) is 1. The fourth-order valence-corrected chi connectivity index (χ4v) is 2.70. The molecule has 134 valence electrons. The molecule has 2 aromatic carbocycles. The van der Waals surface area contributed by atoms with Crippen molar-refractivity contribution >= 4 is 5.97 Å². The van der Waals surface area contributed by atoms with Gasteiger partial charge in [0.05, 0.1) is 12.2 Å². The molecule has 0 unspecified atom stereocenters. The standard InChI is InChI=1S/C23H30O2/c1-22(2,3)15-19-14-18(21(24)25-16-23(4,5)6)12-13-20(19)17-10-8-7-9-11-17/h7-14H,15-16H2,1-6H3. The van der Waals surface area contributed by atoms with Crippen LogP contribution in [0.3, 0.4) is 0 Å². The molecule has 0 amide bonds. The van der Waals surface area contributed by atoms with E-state index in [2.05, 4.69) is 53.7 Å². The van der Waals surface area contributed by atoms with Gasteiger partial charge in [0, 0.05) is 0 Å². The van der Waals surface area contributed by atoms with Gasteiger partial charge in [-0.15, -0.1) is 0 Å². The van der Waals surface area contributed by atoms with E-state index >= 15 is 0 Å². The summed E-state index contributed by atoms with van der Waals surface area (Å²) in [4.78, 5) is 12.4. The van der Waals surface area contributed by atoms with Gasteiger partial charge in [0.25, 0.3) is 0 Å². The molecule has 2 aromatic rings. The zero-order valence-corrected chi connectivity index (χ0v) is 16.3. The smallest absolute Gasteiger partial charge is 0.338 e. The second-order valence-electron chi connectivity index (χ2n) is 9.11. The van der Waals surface area contributed by atoms with Crippen molar-refractivity contribution < 1.29 is 9.53 Å². The van der Waals surface area contributed by atoms with Crippen LogP contribution >= 0.6 is 0 Å². The SMILES string of the molecule is CC(C)(C)COC(=O)c1ccc(-c2ccccc2)c(CC(C)(C)C)c1. The van der Waals surface area contributed by atoms with Gasteiger partial charge in [-0.1, -0.05) is 77.9 Å². The van der Waals surface area contributed by atoms with Gasteiger partial charge >= 0.3 is 5.97 Å². The molecule has 0 spiro atoms. The van der Waals surface area contributed by atoms with Crippen molar-refractivity contribution in [2.75, 3.05) is 6.61 Å². The van der Waals surface area contributed by atoms with Crippen molar-refractivity contribution in [2.45, 2.75) is 48.0 Å². The molecule has 2 heteroatoms. The van der Waals surface area contributed by atoms with Crippen molar-refractivity contribution in [3.05, 3.63) is 59.7 Å². The lowest BCUT2D eigenvalue weighted by Crippen LogP contribution is -2.18. The van der Waals surface area contributed by atoms with Crippen LogP contribution in [0.5, 0.6) is 0 Å². The molecule has 0 aliphatic carbocycles. The van der Waals surface area contributed by atoms with Crippen LogP contribution in [0.1, 0.15) is 57.5 Å². The Kier molecular flexibility index (Phi) is 5.72. The second-order valence-corrected chi connectivity index (χ2v) is 9.11. The van der Waals surface area contributed by atoms with E-state index in [-0.39, 0.29) is 16.8 Å². The maximum absolute atomic E-state index is 12.4. The van der Waals surface area contributed by atoms with Crippen LogP contribution in [-0.4, -0.2) is 12.6 Å². The zero-order valence-electron chi connectivity index (χ0n) is 16.3. The fourth-order valence-electron chi connectivity index (χ4n) is 2.70. The van der Waals surface area contributed by atoms with E-state index in [4.69, 9.17) is 4.74 Å². The summed E-state index contributed by atoms with van der Waals surface area (Å²) in [6, 6.07) is 16.2. The van der Waals surface area contributed by atoms with Crippen molar-refractivity contribution in [2.24, 2.45) is 10.8 Å². The highest BCUT2D eigenvalue weighted by molar-refractivity contribution is 5.90. The van der Waals surface area contributed by atoms with Gasteiger partial charge in [-0.3, -0.25) is 0 Å². The van der Waals surface area contributed by atoms with Gasteiger partial charge in [0.2, 0.25) is 0 Å². The Balaban J connectivity index is 2.36. The molecule has 25 heavy (non-hydrogen) atoms. The van der Waals surface area contributed by atoms with Crippen molar-refractivity contribution in [3.8, 4) is 11.1 Å². The first-order valence-corrected chi connectivity index (χ1v) is 8.91. The average molecular weight is 338 g/mol. The van der Waals surface area contributed by atoms with Crippen LogP contribution in [0, 0.1) is 10.8 Å². The monoisotopic (exact) mass is 338 g/mol. The Labute approximate surface area is 152 Å². The molecule has 0 radical (unpaired) electrons. The largest absolute Gasteiger partial charge is 0.462 e. The lowest BCUT2D eigenvalue weighted by molar-refractivity contribution is 0.0366. The number of carbonyl (C=O) groups is 1. The van der Waals surface area contributed by atoms with Gasteiger partial charge in [0.1, 0.15) is 0 Å². The van der Waals surface area contributed by atoms with E-state index in [1.165, 1.54) is 16.7 Å². The molecule has 0 saturated heterocycles. The normalized spacial score (nSPS) is 12.1. The Morgan fingerprint density at radius 2 is 1.52 bits per heavy atom. The number of rotatable bonds is 4. The zero-order chi connectivity index (χ0) is 18.7. The van der Waals surface area contributed by atoms with E-state index < -0.39 is 0 Å². The molecular weight excluding hydrogens is 308 g/mol. The third-order valence-corrected chi connectivity index (χ3v) is 3.78. The van der Waals surface area contributed by atoms with E-state index in [1.54, 1.807) is 0 Å². The first-order valence-electron chi connectivity index (χ1n) is 8.91. The molecule has 0 atom stereocenters. The summed E-state index contributed by atoms with van der Waals surface area (Å²) in [5, 5.41) is 0. The summed E-state index contributed by atoms with van der Waals surface area (Å²) < 4.78 is 5.48. The van der Waals surface area contributed by atoms with Crippen molar-refractivity contribution in [1.82, 2.24) is 0 Å². The van der Waals surface area contributed by atoms with Gasteiger partial charge < -0.3 is 4.74 Å². The minimum Gasteiger partial charge on any atom is -0.462 e. The molecule has 0 aliphatic heterocycles. The fraction of sp³-hybridized carbons (Fsp3) is 0.435. The van der Waals surface area contributed by atoms with Crippen LogP contribution in [0.4, 0.5) is 0 Å². The van der Waals surface area contributed by atoms with Gasteiger partial charge in [-0.25, -0.2) is 4.79 Å². The number of hydrogen-bond acceptors (Lipinski definition) is 2. The van der Waals surface area contributed by atoms with Gasteiger partial charge in [-0.2, -0.15) is 0 Å². The molecule has 0 heterocycles. The predicted octanol–water partition coefficient (Wildman–Crippen LogP) is 6.15. The number of benzene rings is 2. The van der Waals surface area contributed by atoms with Crippen molar-refractivity contribution in [3.63, 3.8) is 0 Å². The molecular formula is C23H30O2. The Hall–Kier alpha value is -2.09. The molecule has 0 N–H and O–H groups in total. The van der Waals surface area contributed by atoms with E-state index in [0.29, 0.717) is 12.2 Å². The highest BCUT2D eigenvalue weighted by Gasteiger charge is 2.19. The summed E-state index contributed by atoms with van der Waals surface area (Å²) in [5.74, 6) is -0.246. The highest BCUT2D eigenvalue weighted by Crippen LogP contribution is 2.30. The molecule has 0 bridgehead atoms. The van der Waals surface area contributed by atoms with E-state index in [9.17, 15) is 4.79 Å². The number of carbonyl (C=O) groups excluding carboxylic acids is 1. The summed E-state index contributed by atoms with van der Waals surface area (Å²) >= 11 is 0. The van der Waals surface area contributed by atoms with Crippen LogP contribution in [0.15, 0.2) is 48.5 Å². The van der Waals surface area contributed by atoms with Gasteiger partial charge in [-0.05, 0) is 46.1 Å². The Morgan fingerprint density at radius 1 is 0.880 bits per heavy atom. The average Bonchev–Trinajstić information content (AvgIpc) is 2.51. The molecule has 2 nitrogen and oxygen atoms in total. The number of esters is 1. The second kappa shape index (κ2) is 7.43. The minimum absolute atomic E-state index is 0.0339. The first-order chi connectivity index (χ1) is 11.6. The highest BCUT2D eigenvalue weighted by atomic mass is 16.5. The van der Waals surface area contributed by atoms with E-state index in [1.807, 2.05) is 36.4 Å². The van der Waals surface area contributed by atoms with Crippen LogP contribution in [0.2, 0.25) is 0 Å². The Morgan fingerprint density at radius 3 is 2.08 bits per heavy atom. The quantitative estimate of drug-likeness (QED) is 0.625. The lowest BCUT2D eigenvalue weighted by atomic mass is 9.84. The molecule has 0 fully saturated rings. The third kappa shape index (κ3) is 6.04. The van der Waals surface area contributed by atoms with Crippen LogP contribution in [0.25, 0.3) is 11.1 Å². The third-order valence-electron chi connectivity index (χ3n) is 3.78. The summed E-state index contributed by atoms with van der Waals surface area (Å²) in [5.41, 5.74) is 4.28. The predicted molar refractivity (Wildman–Crippen MR) is 105 cm³/mol. The number of hydrogen-bond donors (Lipinski definition) is 0. The lowest BCUT2D eigenvalue weighted by Gasteiger charge is -2.22. The maximum Gasteiger partial charge on any atom is 0.338 e. The molecule has 0 aliphatic rings. The van der Waals surface area contributed by atoms with Crippen LogP contribution in [-0.2, 0) is 11.2 Å². The van der Waals surface area contributed by atoms with Crippen molar-refractivity contribution in [1.29, 1.82) is 0 Å². The molecule has 0 saturated carbocycles. The summed E-state index contributed by atoms with van der Waals surface area (Å²) in [6.07, 6.45) is 0.900. The summed E-state index contributed by atoms with van der Waals surface area (Å²) in [7, 11) is 0. The minimum atomic E-state index is -0.246. The summed E-state index contributed by atoms with van der Waals surface area (Å²) in [6.45, 7) is 13.2.